The lowest BCUT2D eigenvalue weighted by Gasteiger charge is -2.06. The quantitative estimate of drug-likeness (QED) is 0.611. The van der Waals surface area contributed by atoms with Gasteiger partial charge in [-0.1, -0.05) is 25.5 Å². The maximum atomic E-state index is 11.5. The second-order valence-electron chi connectivity index (χ2n) is 3.19. The summed E-state index contributed by atoms with van der Waals surface area (Å²) in [6, 6.07) is 5.98. The lowest BCUT2D eigenvalue weighted by molar-refractivity contribution is 0.0491. The molecule has 1 aromatic rings. The fourth-order valence-electron chi connectivity index (χ4n) is 1.19. The molecule has 1 N–H and O–H groups in total. The summed E-state index contributed by atoms with van der Waals surface area (Å²) in [6.07, 6.45) is 1.34. The highest BCUT2D eigenvalue weighted by Gasteiger charge is 2.16. The van der Waals surface area contributed by atoms with Gasteiger partial charge in [-0.15, -0.1) is 0 Å². The summed E-state index contributed by atoms with van der Waals surface area (Å²) in [4.78, 5) is 22.4. The van der Waals surface area contributed by atoms with Gasteiger partial charge in [0.2, 0.25) is 0 Å². The van der Waals surface area contributed by atoms with Crippen molar-refractivity contribution in [3.05, 3.63) is 42.3 Å². The minimum atomic E-state index is -1.13. The van der Waals surface area contributed by atoms with Gasteiger partial charge in [0.05, 0.1) is 17.7 Å². The molecule has 0 amide bonds. The number of carbonyl (C=O) groups excluding carboxylic acids is 1. The van der Waals surface area contributed by atoms with Crippen LogP contribution in [0.4, 0.5) is 0 Å². The van der Waals surface area contributed by atoms with Crippen molar-refractivity contribution in [3.63, 3.8) is 0 Å². The minimum Gasteiger partial charge on any atom is -0.478 e. The van der Waals surface area contributed by atoms with Gasteiger partial charge in [0.1, 0.15) is 0 Å². The second-order valence-corrected chi connectivity index (χ2v) is 3.19. The largest absolute Gasteiger partial charge is 0.478 e. The summed E-state index contributed by atoms with van der Waals surface area (Å²) in [6.45, 7) is 3.88. The Balaban J connectivity index is 2.78. The average Bonchev–Trinajstić information content (AvgIpc) is 2.29. The highest BCUT2D eigenvalue weighted by atomic mass is 16.5. The Morgan fingerprint density at radius 1 is 1.25 bits per heavy atom. The molecule has 0 aromatic heterocycles. The van der Waals surface area contributed by atoms with Crippen molar-refractivity contribution in [2.75, 3.05) is 6.61 Å². The third-order valence-electron chi connectivity index (χ3n) is 2.00. The molecule has 85 valence electrons. The van der Waals surface area contributed by atoms with Crippen LogP contribution in [0.3, 0.4) is 0 Å². The second kappa shape index (κ2) is 5.90. The first-order valence-corrected chi connectivity index (χ1v) is 4.95. The molecule has 0 aliphatic rings. The van der Waals surface area contributed by atoms with Gasteiger partial charge >= 0.3 is 11.9 Å². The monoisotopic (exact) mass is 221 g/mol. The van der Waals surface area contributed by atoms with E-state index in [0.717, 1.165) is 0 Å². The van der Waals surface area contributed by atoms with Crippen molar-refractivity contribution in [3.8, 4) is 0 Å². The molecule has 1 rings (SSSR count). The summed E-state index contributed by atoms with van der Waals surface area (Å²) >= 11 is 0. The van der Waals surface area contributed by atoms with Crippen molar-refractivity contribution in [1.29, 1.82) is 0 Å². The van der Waals surface area contributed by atoms with E-state index in [1.807, 2.05) is 0 Å². The van der Waals surface area contributed by atoms with Gasteiger partial charge < -0.3 is 9.84 Å². The molecule has 0 saturated carbocycles. The van der Waals surface area contributed by atoms with Crippen LogP contribution in [-0.2, 0) is 4.74 Å². The Morgan fingerprint density at radius 2 is 1.88 bits per heavy atom. The van der Waals surface area contributed by atoms with E-state index in [9.17, 15) is 9.59 Å². The fraction of sp³-hybridized carbons (Fsp3) is 0.250. The van der Waals surface area contributed by atoms with Gasteiger partial charge in [-0.25, -0.2) is 9.59 Å². The zero-order valence-corrected chi connectivity index (χ0v) is 8.81. The molecule has 0 aliphatic heterocycles. The molecule has 4 heteroatoms. The highest BCUT2D eigenvalue weighted by molar-refractivity contribution is 6.02. The molecule has 0 bridgehead atoms. The van der Waals surface area contributed by atoms with E-state index in [0.29, 0.717) is 12.8 Å². The third kappa shape index (κ3) is 3.08. The molecule has 0 atom stereocenters. The Morgan fingerprint density at radius 3 is 2.44 bits per heavy atom. The molecule has 0 heterocycles. The molecule has 1 aromatic carbocycles. The van der Waals surface area contributed by atoms with Crippen LogP contribution in [0.15, 0.2) is 24.3 Å². The summed E-state index contributed by atoms with van der Waals surface area (Å²) in [5.41, 5.74) is 0.0428. The van der Waals surface area contributed by atoms with Crippen LogP contribution >= 0.6 is 0 Å². The van der Waals surface area contributed by atoms with Crippen molar-refractivity contribution in [2.24, 2.45) is 0 Å². The molecule has 0 unspecified atom stereocenters. The third-order valence-corrected chi connectivity index (χ3v) is 2.00. The average molecular weight is 221 g/mol. The molecule has 1 radical (unpaired) electrons. The Kier molecular flexibility index (Phi) is 4.51. The lowest BCUT2D eigenvalue weighted by atomic mass is 10.1. The van der Waals surface area contributed by atoms with Crippen LogP contribution < -0.4 is 0 Å². The van der Waals surface area contributed by atoms with Crippen LogP contribution in [0.25, 0.3) is 0 Å². The number of rotatable bonds is 5. The maximum absolute atomic E-state index is 11.5. The number of hydrogen-bond acceptors (Lipinski definition) is 3. The van der Waals surface area contributed by atoms with E-state index in [1.165, 1.54) is 12.1 Å². The van der Waals surface area contributed by atoms with Crippen LogP contribution in [0.1, 0.15) is 33.6 Å². The molecule has 0 spiro atoms. The van der Waals surface area contributed by atoms with Gasteiger partial charge in [0, 0.05) is 0 Å². The minimum absolute atomic E-state index is 0.0397. The maximum Gasteiger partial charge on any atom is 0.339 e. The van der Waals surface area contributed by atoms with Gasteiger partial charge in [0.15, 0.2) is 0 Å². The molecule has 0 fully saturated rings. The molecular weight excluding hydrogens is 208 g/mol. The summed E-state index contributed by atoms with van der Waals surface area (Å²) in [7, 11) is 0. The van der Waals surface area contributed by atoms with Crippen molar-refractivity contribution < 1.29 is 19.4 Å². The number of ether oxygens (including phenoxy) is 1. The summed E-state index contributed by atoms with van der Waals surface area (Å²) in [5, 5.41) is 8.87. The zero-order valence-electron chi connectivity index (χ0n) is 8.81. The summed E-state index contributed by atoms with van der Waals surface area (Å²) < 4.78 is 4.92. The van der Waals surface area contributed by atoms with E-state index < -0.39 is 11.9 Å². The number of carboxylic acids is 1. The zero-order chi connectivity index (χ0) is 12.0. The normalized spacial score (nSPS) is 9.81. The molecular formula is C12H13O4. The fourth-order valence-corrected chi connectivity index (χ4v) is 1.19. The van der Waals surface area contributed by atoms with Crippen molar-refractivity contribution >= 4 is 11.9 Å². The predicted molar refractivity (Wildman–Crippen MR) is 58.3 cm³/mol. The number of carbonyl (C=O) groups is 2. The number of esters is 1. The number of aromatic carboxylic acids is 1. The standard InChI is InChI=1S/C12H13O4/c1-2-3-8-16-12(15)10-7-5-4-6-9(10)11(13)14/h4-7H,1-3,8H2,(H,13,14). The number of benzene rings is 1. The molecule has 16 heavy (non-hydrogen) atoms. The Hall–Kier alpha value is -1.84. The van der Waals surface area contributed by atoms with E-state index in [-0.39, 0.29) is 17.7 Å². The van der Waals surface area contributed by atoms with Crippen LogP contribution in [0.2, 0.25) is 0 Å². The number of unbranched alkanes of at least 4 members (excludes halogenated alkanes) is 1. The van der Waals surface area contributed by atoms with Crippen LogP contribution in [0, 0.1) is 6.92 Å². The first-order valence-electron chi connectivity index (χ1n) is 4.95. The van der Waals surface area contributed by atoms with E-state index in [2.05, 4.69) is 6.92 Å². The van der Waals surface area contributed by atoms with E-state index in [1.54, 1.807) is 12.1 Å². The Labute approximate surface area is 93.9 Å². The number of hydrogen-bond donors (Lipinski definition) is 1. The van der Waals surface area contributed by atoms with Gasteiger partial charge in [-0.05, 0) is 18.6 Å². The van der Waals surface area contributed by atoms with E-state index in [4.69, 9.17) is 9.84 Å². The van der Waals surface area contributed by atoms with Gasteiger partial charge in [-0.3, -0.25) is 0 Å². The first kappa shape index (κ1) is 12.2. The molecule has 4 nitrogen and oxygen atoms in total. The highest BCUT2D eigenvalue weighted by Crippen LogP contribution is 2.10. The Bertz CT molecular complexity index is 384. The topological polar surface area (TPSA) is 63.6 Å². The lowest BCUT2D eigenvalue weighted by Crippen LogP contribution is -2.12. The predicted octanol–water partition coefficient (Wildman–Crippen LogP) is 2.16. The SMILES string of the molecule is [CH2]CCCOC(=O)c1ccccc1C(=O)O. The molecule has 0 aliphatic carbocycles. The number of carboxylic acid groups (broad SMARTS) is 1. The first-order chi connectivity index (χ1) is 7.66. The summed E-state index contributed by atoms with van der Waals surface area (Å²) in [5.74, 6) is -1.74. The van der Waals surface area contributed by atoms with Crippen LogP contribution in [0.5, 0.6) is 0 Å². The van der Waals surface area contributed by atoms with Gasteiger partial charge in [-0.2, -0.15) is 0 Å². The van der Waals surface area contributed by atoms with Crippen LogP contribution in [-0.4, -0.2) is 23.7 Å². The van der Waals surface area contributed by atoms with Crippen molar-refractivity contribution in [1.82, 2.24) is 0 Å². The molecule has 0 saturated heterocycles. The smallest absolute Gasteiger partial charge is 0.339 e. The van der Waals surface area contributed by atoms with Crippen molar-refractivity contribution in [2.45, 2.75) is 12.8 Å². The van der Waals surface area contributed by atoms with E-state index >= 15 is 0 Å². The van der Waals surface area contributed by atoms with Gasteiger partial charge in [0.25, 0.3) is 0 Å².